The first-order valence-corrected chi connectivity index (χ1v) is 7.84. The van der Waals surface area contributed by atoms with Gasteiger partial charge in [0.05, 0.1) is 5.56 Å². The molecule has 0 atom stereocenters. The Hall–Kier alpha value is -1.39. The Balaban J connectivity index is 2.14. The number of rotatable bonds is 5. The lowest BCUT2D eigenvalue weighted by molar-refractivity contribution is 0.102. The van der Waals surface area contributed by atoms with Crippen LogP contribution in [0.25, 0.3) is 0 Å². The molecule has 2 nitrogen and oxygen atoms in total. The summed E-state index contributed by atoms with van der Waals surface area (Å²) in [5.74, 6) is -0.419. The molecule has 2 rings (SSSR count). The molecule has 0 bridgehead atoms. The van der Waals surface area contributed by atoms with Gasteiger partial charge in [-0.25, -0.2) is 4.39 Å². The van der Waals surface area contributed by atoms with Gasteiger partial charge in [-0.15, -0.1) is 11.6 Å². The van der Waals surface area contributed by atoms with Crippen molar-refractivity contribution in [3.05, 3.63) is 63.9 Å². The summed E-state index contributed by atoms with van der Waals surface area (Å²) in [5, 5.41) is 2.71. The molecule has 5 heteroatoms. The number of hydrogen-bond acceptors (Lipinski definition) is 1. The van der Waals surface area contributed by atoms with Crippen LogP contribution >= 0.6 is 27.5 Å². The fraction of sp³-hybridized carbons (Fsp3) is 0.188. The van der Waals surface area contributed by atoms with E-state index in [2.05, 4.69) is 21.2 Å². The number of alkyl halides is 1. The van der Waals surface area contributed by atoms with Crippen LogP contribution in [0.3, 0.4) is 0 Å². The predicted octanol–water partition coefficient (Wildman–Crippen LogP) is 5.01. The first-order chi connectivity index (χ1) is 10.1. The number of benzene rings is 2. The van der Waals surface area contributed by atoms with E-state index < -0.39 is 11.7 Å². The van der Waals surface area contributed by atoms with Gasteiger partial charge in [-0.2, -0.15) is 0 Å². The largest absolute Gasteiger partial charge is 0.322 e. The van der Waals surface area contributed by atoms with E-state index in [-0.39, 0.29) is 5.56 Å². The van der Waals surface area contributed by atoms with Crippen molar-refractivity contribution in [3.8, 4) is 0 Å². The number of carbonyl (C=O) groups excluding carboxylic acids is 1. The Morgan fingerprint density at radius 1 is 1.24 bits per heavy atom. The van der Waals surface area contributed by atoms with Gasteiger partial charge in [-0.05, 0) is 48.7 Å². The van der Waals surface area contributed by atoms with Crippen molar-refractivity contribution < 1.29 is 9.18 Å². The Morgan fingerprint density at radius 3 is 2.81 bits per heavy atom. The number of halogens is 3. The smallest absolute Gasteiger partial charge is 0.258 e. The quantitative estimate of drug-likeness (QED) is 0.736. The van der Waals surface area contributed by atoms with Crippen LogP contribution in [-0.2, 0) is 6.42 Å². The molecular formula is C16H14BrClFNO. The van der Waals surface area contributed by atoms with Gasteiger partial charge < -0.3 is 5.32 Å². The van der Waals surface area contributed by atoms with E-state index in [4.69, 9.17) is 11.6 Å². The van der Waals surface area contributed by atoms with Gasteiger partial charge in [-0.1, -0.05) is 28.1 Å². The zero-order valence-electron chi connectivity index (χ0n) is 11.2. The third-order valence-electron chi connectivity index (χ3n) is 2.96. The standard InChI is InChI=1S/C16H14BrClFNO/c17-12-6-7-15(19)14(10-12)16(21)20-13-5-1-3-11(9-13)4-2-8-18/h1,3,5-7,9-10H,2,4,8H2,(H,20,21). The minimum Gasteiger partial charge on any atom is -0.322 e. The molecule has 0 fully saturated rings. The van der Waals surface area contributed by atoms with Crippen molar-refractivity contribution in [2.45, 2.75) is 12.8 Å². The molecule has 0 saturated carbocycles. The second-order valence-electron chi connectivity index (χ2n) is 4.57. The van der Waals surface area contributed by atoms with Gasteiger partial charge >= 0.3 is 0 Å². The number of aryl methyl sites for hydroxylation is 1. The molecule has 0 aliphatic heterocycles. The fourth-order valence-electron chi connectivity index (χ4n) is 1.95. The topological polar surface area (TPSA) is 29.1 Å². The molecule has 2 aromatic carbocycles. The predicted molar refractivity (Wildman–Crippen MR) is 87.5 cm³/mol. The molecule has 0 unspecified atom stereocenters. The van der Waals surface area contributed by atoms with Crippen LogP contribution in [-0.4, -0.2) is 11.8 Å². The van der Waals surface area contributed by atoms with Gasteiger partial charge in [0.25, 0.3) is 5.91 Å². The van der Waals surface area contributed by atoms with Crippen molar-refractivity contribution >= 4 is 39.1 Å². The summed E-state index contributed by atoms with van der Waals surface area (Å²) >= 11 is 8.90. The lowest BCUT2D eigenvalue weighted by Gasteiger charge is -2.08. The minimum atomic E-state index is -0.547. The van der Waals surface area contributed by atoms with Crippen LogP contribution in [0.15, 0.2) is 46.9 Å². The molecule has 0 aromatic heterocycles. The number of amides is 1. The Bertz CT molecular complexity index is 648. The Labute approximate surface area is 136 Å². The summed E-state index contributed by atoms with van der Waals surface area (Å²) in [5.41, 5.74) is 1.74. The summed E-state index contributed by atoms with van der Waals surface area (Å²) in [6.07, 6.45) is 1.72. The van der Waals surface area contributed by atoms with Crippen molar-refractivity contribution in [1.29, 1.82) is 0 Å². The van der Waals surface area contributed by atoms with E-state index >= 15 is 0 Å². The van der Waals surface area contributed by atoms with Crippen molar-refractivity contribution in [2.24, 2.45) is 0 Å². The summed E-state index contributed by atoms with van der Waals surface area (Å²) < 4.78 is 14.3. The van der Waals surface area contributed by atoms with E-state index in [1.807, 2.05) is 18.2 Å². The van der Waals surface area contributed by atoms with Gasteiger partial charge in [0.2, 0.25) is 0 Å². The SMILES string of the molecule is O=C(Nc1cccc(CCCCl)c1)c1cc(Br)ccc1F. The minimum absolute atomic E-state index is 0.00976. The van der Waals surface area contributed by atoms with E-state index in [9.17, 15) is 9.18 Å². The van der Waals surface area contributed by atoms with E-state index in [0.29, 0.717) is 16.0 Å². The lowest BCUT2D eigenvalue weighted by Crippen LogP contribution is -2.14. The number of hydrogen-bond donors (Lipinski definition) is 1. The van der Waals surface area contributed by atoms with Gasteiger partial charge in [-0.3, -0.25) is 4.79 Å². The third-order valence-corrected chi connectivity index (χ3v) is 3.72. The maximum absolute atomic E-state index is 13.7. The van der Waals surface area contributed by atoms with Crippen LogP contribution < -0.4 is 5.32 Å². The molecule has 110 valence electrons. The highest BCUT2D eigenvalue weighted by Crippen LogP contribution is 2.18. The van der Waals surface area contributed by atoms with Crippen molar-refractivity contribution in [1.82, 2.24) is 0 Å². The average Bonchev–Trinajstić information content (AvgIpc) is 2.48. The zero-order chi connectivity index (χ0) is 15.2. The molecule has 2 aromatic rings. The molecule has 0 saturated heterocycles. The number of nitrogens with one attached hydrogen (secondary N) is 1. The molecule has 0 heterocycles. The van der Waals surface area contributed by atoms with Crippen LogP contribution in [0.5, 0.6) is 0 Å². The normalized spacial score (nSPS) is 10.4. The van der Waals surface area contributed by atoms with Crippen LogP contribution in [0.1, 0.15) is 22.3 Å². The molecule has 21 heavy (non-hydrogen) atoms. The van der Waals surface area contributed by atoms with Gasteiger partial charge in [0, 0.05) is 16.0 Å². The van der Waals surface area contributed by atoms with Crippen molar-refractivity contribution in [3.63, 3.8) is 0 Å². The summed E-state index contributed by atoms with van der Waals surface area (Å²) in [6.45, 7) is 0. The van der Waals surface area contributed by atoms with Gasteiger partial charge in [0.1, 0.15) is 5.82 Å². The number of carbonyl (C=O) groups is 1. The highest BCUT2D eigenvalue weighted by atomic mass is 79.9. The van der Waals surface area contributed by atoms with Crippen LogP contribution in [0.2, 0.25) is 0 Å². The molecule has 1 N–H and O–H groups in total. The molecule has 0 aliphatic rings. The molecule has 1 amide bonds. The highest BCUT2D eigenvalue weighted by molar-refractivity contribution is 9.10. The maximum atomic E-state index is 13.7. The van der Waals surface area contributed by atoms with Crippen LogP contribution in [0, 0.1) is 5.82 Å². The molecule has 0 radical (unpaired) electrons. The lowest BCUT2D eigenvalue weighted by atomic mass is 10.1. The molecule has 0 aliphatic carbocycles. The Morgan fingerprint density at radius 2 is 2.05 bits per heavy atom. The average molecular weight is 371 g/mol. The second kappa shape index (κ2) is 7.57. The van der Waals surface area contributed by atoms with Crippen molar-refractivity contribution in [2.75, 3.05) is 11.2 Å². The maximum Gasteiger partial charge on any atom is 0.258 e. The Kier molecular flexibility index (Phi) is 5.76. The molecular weight excluding hydrogens is 357 g/mol. The van der Waals surface area contributed by atoms with E-state index in [0.717, 1.165) is 18.4 Å². The summed E-state index contributed by atoms with van der Waals surface area (Å²) in [7, 11) is 0. The first kappa shape index (κ1) is 16.0. The first-order valence-electron chi connectivity index (χ1n) is 6.51. The second-order valence-corrected chi connectivity index (χ2v) is 5.86. The number of anilines is 1. The summed E-state index contributed by atoms with van der Waals surface area (Å²) in [4.78, 5) is 12.1. The fourth-order valence-corrected chi connectivity index (χ4v) is 2.44. The van der Waals surface area contributed by atoms with Gasteiger partial charge in [0.15, 0.2) is 0 Å². The zero-order valence-corrected chi connectivity index (χ0v) is 13.5. The van der Waals surface area contributed by atoms with Crippen LogP contribution in [0.4, 0.5) is 10.1 Å². The highest BCUT2D eigenvalue weighted by Gasteiger charge is 2.12. The molecule has 0 spiro atoms. The summed E-state index contributed by atoms with van der Waals surface area (Å²) in [6, 6.07) is 11.8. The monoisotopic (exact) mass is 369 g/mol. The van der Waals surface area contributed by atoms with E-state index in [1.54, 1.807) is 12.1 Å². The van der Waals surface area contributed by atoms with E-state index in [1.165, 1.54) is 12.1 Å². The third kappa shape index (κ3) is 4.55.